The van der Waals surface area contributed by atoms with Crippen LogP contribution >= 0.6 is 23.2 Å². The Morgan fingerprint density at radius 1 is 1.00 bits per heavy atom. The molecule has 0 amide bonds. The molecular weight excluding hydrogens is 563 g/mol. The number of benzene rings is 2. The fourth-order valence-corrected chi connectivity index (χ4v) is 5.18. The van der Waals surface area contributed by atoms with E-state index in [1.165, 1.54) is 54.6 Å². The van der Waals surface area contributed by atoms with Crippen LogP contribution in [0, 0.1) is 0 Å². The zero-order valence-corrected chi connectivity index (χ0v) is 21.6. The first kappa shape index (κ1) is 28.4. The van der Waals surface area contributed by atoms with E-state index in [0.717, 1.165) is 0 Å². The van der Waals surface area contributed by atoms with Crippen LogP contribution in [0.1, 0.15) is 11.1 Å². The minimum Gasteiger partial charge on any atom is -0.460 e. The van der Waals surface area contributed by atoms with E-state index in [0.29, 0.717) is 11.1 Å². The van der Waals surface area contributed by atoms with Crippen LogP contribution in [0.15, 0.2) is 76.2 Å². The summed E-state index contributed by atoms with van der Waals surface area (Å²) in [6.45, 7) is -0.645. The van der Waals surface area contributed by atoms with Gasteiger partial charge in [-0.05, 0) is 47.1 Å². The van der Waals surface area contributed by atoms with Crippen LogP contribution in [0.5, 0.6) is 5.75 Å². The van der Waals surface area contributed by atoms with E-state index in [2.05, 4.69) is 0 Å². The van der Waals surface area contributed by atoms with Crippen molar-refractivity contribution in [1.29, 1.82) is 0 Å². The van der Waals surface area contributed by atoms with Crippen LogP contribution in [0.4, 0.5) is 0 Å². The maximum atomic E-state index is 12.1. The minimum absolute atomic E-state index is 0.00454. The first-order chi connectivity index (χ1) is 17.9. The number of allylic oxidation sites excluding steroid dienone is 5. The third-order valence-electron chi connectivity index (χ3n) is 5.97. The average Bonchev–Trinajstić information content (AvgIpc) is 2.87. The average molecular weight is 585 g/mol. The number of aliphatic hydroxyl groups excluding tert-OH is 4. The van der Waals surface area contributed by atoms with E-state index in [-0.39, 0.29) is 26.9 Å². The quantitative estimate of drug-likeness (QED) is 0.315. The molecular formula is C25H22Cl2O10S. The number of carbonyl (C=O) groups excluding carboxylic acids is 1. The lowest BCUT2D eigenvalue weighted by Gasteiger charge is -2.39. The van der Waals surface area contributed by atoms with E-state index in [1.54, 1.807) is 6.07 Å². The van der Waals surface area contributed by atoms with Gasteiger partial charge in [0.05, 0.1) is 16.7 Å². The van der Waals surface area contributed by atoms with Crippen molar-refractivity contribution in [1.82, 2.24) is 0 Å². The van der Waals surface area contributed by atoms with Gasteiger partial charge in [-0.3, -0.25) is 9.35 Å². The van der Waals surface area contributed by atoms with Gasteiger partial charge in [0.2, 0.25) is 6.29 Å². The van der Waals surface area contributed by atoms with Gasteiger partial charge in [0, 0.05) is 5.56 Å². The topological polar surface area (TPSA) is 171 Å². The molecule has 2 aromatic carbocycles. The van der Waals surface area contributed by atoms with Crippen LogP contribution in [-0.4, -0.2) is 76.5 Å². The van der Waals surface area contributed by atoms with Crippen LogP contribution in [0.3, 0.4) is 0 Å². The zero-order valence-electron chi connectivity index (χ0n) is 19.3. The number of carbonyl (C=O) groups is 1. The summed E-state index contributed by atoms with van der Waals surface area (Å²) in [6.07, 6.45) is -3.56. The van der Waals surface area contributed by atoms with E-state index < -0.39 is 58.1 Å². The molecule has 2 aromatic rings. The lowest BCUT2D eigenvalue weighted by atomic mass is 9.90. The van der Waals surface area contributed by atoms with Crippen molar-refractivity contribution in [3.05, 3.63) is 87.4 Å². The Hall–Kier alpha value is -2.58. The number of halogens is 2. The summed E-state index contributed by atoms with van der Waals surface area (Å²) in [4.78, 5) is 11.5. The predicted molar refractivity (Wildman–Crippen MR) is 136 cm³/mol. The monoisotopic (exact) mass is 584 g/mol. The Kier molecular flexibility index (Phi) is 8.43. The first-order valence-electron chi connectivity index (χ1n) is 11.1. The molecule has 0 saturated carbocycles. The van der Waals surface area contributed by atoms with Gasteiger partial charge >= 0.3 is 0 Å². The molecule has 4 rings (SSSR count). The molecule has 1 fully saturated rings. The zero-order chi connectivity index (χ0) is 27.8. The number of rotatable bonds is 6. The van der Waals surface area contributed by atoms with E-state index in [4.69, 9.17) is 32.7 Å². The molecule has 2 aliphatic rings. The molecule has 5 N–H and O–H groups in total. The van der Waals surface area contributed by atoms with Gasteiger partial charge in [-0.25, -0.2) is 0 Å². The molecule has 0 aromatic heterocycles. The predicted octanol–water partition coefficient (Wildman–Crippen LogP) is 1.83. The van der Waals surface area contributed by atoms with Crippen LogP contribution in [0.25, 0.3) is 5.57 Å². The number of aliphatic hydroxyl groups is 4. The Morgan fingerprint density at radius 2 is 1.71 bits per heavy atom. The molecule has 5 atom stereocenters. The number of hydrogen-bond acceptors (Lipinski definition) is 9. The summed E-state index contributed by atoms with van der Waals surface area (Å²) in [5.74, 6) is -0.450. The summed E-state index contributed by atoms with van der Waals surface area (Å²) < 4.78 is 45.1. The molecule has 1 heterocycles. The fourth-order valence-electron chi connectivity index (χ4n) is 4.07. The third kappa shape index (κ3) is 5.71. The maximum absolute atomic E-state index is 12.1. The van der Waals surface area contributed by atoms with Crippen molar-refractivity contribution in [3.63, 3.8) is 0 Å². The molecule has 1 saturated heterocycles. The molecule has 0 bridgehead atoms. The van der Waals surface area contributed by atoms with E-state index in [9.17, 15) is 38.2 Å². The lowest BCUT2D eigenvalue weighted by molar-refractivity contribution is -0.277. The van der Waals surface area contributed by atoms with Crippen molar-refractivity contribution >= 4 is 44.7 Å². The SMILES string of the molecule is O=C1C=CC(=C(c2ccc(O[C@@H]3O[C@H](CO)[C@H](O)[C@H](O)[C@H]3O)c(Cl)c2)c2ccccc2S(=O)(=O)O)C=C1Cl. The van der Waals surface area contributed by atoms with Crippen molar-refractivity contribution in [2.75, 3.05) is 6.61 Å². The highest BCUT2D eigenvalue weighted by atomic mass is 35.5. The Morgan fingerprint density at radius 3 is 2.34 bits per heavy atom. The Bertz CT molecular complexity index is 1450. The smallest absolute Gasteiger partial charge is 0.295 e. The molecule has 1 aliphatic carbocycles. The van der Waals surface area contributed by atoms with Gasteiger partial charge < -0.3 is 29.9 Å². The molecule has 10 nitrogen and oxygen atoms in total. The van der Waals surface area contributed by atoms with Gasteiger partial charge in [-0.15, -0.1) is 0 Å². The van der Waals surface area contributed by atoms with Crippen molar-refractivity contribution in [2.24, 2.45) is 0 Å². The fraction of sp³-hybridized carbons (Fsp3) is 0.240. The van der Waals surface area contributed by atoms with Crippen LogP contribution < -0.4 is 4.74 Å². The molecule has 1 aliphatic heterocycles. The minimum atomic E-state index is -4.66. The number of hydrogen-bond donors (Lipinski definition) is 5. The largest absolute Gasteiger partial charge is 0.460 e. The molecule has 0 radical (unpaired) electrons. The number of ether oxygens (including phenoxy) is 2. The highest BCUT2D eigenvalue weighted by Gasteiger charge is 2.44. The summed E-state index contributed by atoms with van der Waals surface area (Å²) in [6, 6.07) is 9.97. The Balaban J connectivity index is 1.79. The molecule has 38 heavy (non-hydrogen) atoms. The normalized spacial score (nSPS) is 27.2. The molecule has 0 spiro atoms. The van der Waals surface area contributed by atoms with Gasteiger partial charge in [0.25, 0.3) is 10.1 Å². The second-order valence-corrected chi connectivity index (χ2v) is 10.7. The maximum Gasteiger partial charge on any atom is 0.295 e. The summed E-state index contributed by atoms with van der Waals surface area (Å²) in [5.41, 5.74) is 1.07. The van der Waals surface area contributed by atoms with E-state index >= 15 is 0 Å². The highest BCUT2D eigenvalue weighted by Crippen LogP contribution is 2.38. The van der Waals surface area contributed by atoms with Crippen molar-refractivity contribution in [3.8, 4) is 5.75 Å². The van der Waals surface area contributed by atoms with Crippen molar-refractivity contribution in [2.45, 2.75) is 35.6 Å². The number of ketones is 1. The van der Waals surface area contributed by atoms with E-state index in [1.807, 2.05) is 0 Å². The molecule has 0 unspecified atom stereocenters. The first-order valence-corrected chi connectivity index (χ1v) is 13.3. The second-order valence-electron chi connectivity index (χ2n) is 8.45. The van der Waals surface area contributed by atoms with Gasteiger partial charge in [-0.1, -0.05) is 53.5 Å². The van der Waals surface area contributed by atoms with Gasteiger partial charge in [0.15, 0.2) is 5.78 Å². The summed E-state index contributed by atoms with van der Waals surface area (Å²) >= 11 is 12.5. The third-order valence-corrected chi connectivity index (χ3v) is 7.47. The summed E-state index contributed by atoms with van der Waals surface area (Å²) in [5, 5.41) is 39.5. The summed E-state index contributed by atoms with van der Waals surface area (Å²) in [7, 11) is -4.66. The van der Waals surface area contributed by atoms with Gasteiger partial charge in [-0.2, -0.15) is 8.42 Å². The van der Waals surface area contributed by atoms with Crippen LogP contribution in [-0.2, 0) is 19.6 Å². The Labute approximate surface area is 227 Å². The lowest BCUT2D eigenvalue weighted by Crippen LogP contribution is -2.60. The second kappa shape index (κ2) is 11.3. The van der Waals surface area contributed by atoms with Crippen LogP contribution in [0.2, 0.25) is 5.02 Å². The van der Waals surface area contributed by atoms with Gasteiger partial charge in [0.1, 0.15) is 35.1 Å². The standard InChI is InChI=1S/C25H22Cl2O10S/c26-15-9-12(5-7-17(15)29)21(14-3-1-2-4-20(14)38(33,34)35)13-6-8-18(16(27)10-13)36-25-24(32)23(31)22(30)19(11-28)37-25/h1-10,19,22-25,28,30-32H,11H2,(H,33,34,35)/t19-,22+,23+,24-,25-/m1/s1. The van der Waals surface area contributed by atoms with Crippen molar-refractivity contribution < 1.29 is 47.7 Å². The highest BCUT2D eigenvalue weighted by molar-refractivity contribution is 7.86. The molecule has 13 heteroatoms. The molecule has 202 valence electrons.